The number of aliphatic hydroxyl groups excluding tert-OH is 1. The number of nitro benzene ring substituents is 1. The zero-order chi connectivity index (χ0) is 15.3. The minimum atomic E-state index is -0.348. The molecular formula is C15H24N2O3. The summed E-state index contributed by atoms with van der Waals surface area (Å²) < 4.78 is 0. The Morgan fingerprint density at radius 1 is 1.35 bits per heavy atom. The number of nitrogens with one attached hydrogen (secondary N) is 1. The van der Waals surface area contributed by atoms with Crippen molar-refractivity contribution in [2.24, 2.45) is 5.92 Å². The molecule has 2 atom stereocenters. The van der Waals surface area contributed by atoms with Crippen LogP contribution in [0.1, 0.15) is 44.4 Å². The number of benzene rings is 1. The highest BCUT2D eigenvalue weighted by molar-refractivity contribution is 5.43. The van der Waals surface area contributed by atoms with Crippen LogP contribution < -0.4 is 5.32 Å². The quantitative estimate of drug-likeness (QED) is 0.594. The minimum absolute atomic E-state index is 0.00764. The summed E-state index contributed by atoms with van der Waals surface area (Å²) in [5.74, 6) is 0.394. The Bertz CT molecular complexity index is 460. The fourth-order valence-corrected chi connectivity index (χ4v) is 2.26. The maximum atomic E-state index is 11.0. The molecule has 0 spiro atoms. The maximum absolute atomic E-state index is 11.0. The van der Waals surface area contributed by atoms with Crippen molar-refractivity contribution in [3.63, 3.8) is 0 Å². The first-order valence-corrected chi connectivity index (χ1v) is 6.98. The van der Waals surface area contributed by atoms with E-state index in [4.69, 9.17) is 5.11 Å². The lowest BCUT2D eigenvalue weighted by molar-refractivity contribution is -0.385. The third-order valence-electron chi connectivity index (χ3n) is 3.64. The van der Waals surface area contributed by atoms with Crippen LogP contribution in [0.15, 0.2) is 18.2 Å². The minimum Gasteiger partial charge on any atom is -0.396 e. The van der Waals surface area contributed by atoms with Gasteiger partial charge in [0, 0.05) is 30.3 Å². The first kappa shape index (κ1) is 16.6. The van der Waals surface area contributed by atoms with Crippen molar-refractivity contribution in [1.82, 2.24) is 5.32 Å². The molecule has 5 nitrogen and oxygen atoms in total. The summed E-state index contributed by atoms with van der Waals surface area (Å²) in [6.07, 6.45) is 0.677. The highest BCUT2D eigenvalue weighted by atomic mass is 16.6. The van der Waals surface area contributed by atoms with Gasteiger partial charge in [-0.1, -0.05) is 26.0 Å². The molecule has 112 valence electrons. The zero-order valence-electron chi connectivity index (χ0n) is 12.6. The van der Waals surface area contributed by atoms with Crippen LogP contribution in [-0.2, 0) is 0 Å². The first-order chi connectivity index (χ1) is 9.36. The number of hydrogen-bond donors (Lipinski definition) is 2. The van der Waals surface area contributed by atoms with Crippen molar-refractivity contribution in [2.75, 3.05) is 6.61 Å². The monoisotopic (exact) mass is 280 g/mol. The van der Waals surface area contributed by atoms with Crippen LogP contribution in [0.25, 0.3) is 0 Å². The van der Waals surface area contributed by atoms with E-state index in [0.29, 0.717) is 17.9 Å². The molecular weight excluding hydrogens is 256 g/mol. The van der Waals surface area contributed by atoms with Gasteiger partial charge in [-0.15, -0.1) is 0 Å². The van der Waals surface area contributed by atoms with E-state index in [1.54, 1.807) is 19.1 Å². The van der Waals surface area contributed by atoms with E-state index in [-0.39, 0.29) is 29.3 Å². The molecule has 0 saturated carbocycles. The van der Waals surface area contributed by atoms with Gasteiger partial charge in [-0.3, -0.25) is 10.1 Å². The van der Waals surface area contributed by atoms with Crippen LogP contribution in [0.2, 0.25) is 0 Å². The van der Waals surface area contributed by atoms with Gasteiger partial charge in [0.15, 0.2) is 0 Å². The van der Waals surface area contributed by atoms with E-state index in [2.05, 4.69) is 19.2 Å². The summed E-state index contributed by atoms with van der Waals surface area (Å²) in [4.78, 5) is 10.6. The Morgan fingerprint density at radius 2 is 2.00 bits per heavy atom. The van der Waals surface area contributed by atoms with Gasteiger partial charge in [-0.25, -0.2) is 0 Å². The second kappa shape index (κ2) is 7.36. The van der Waals surface area contributed by atoms with Crippen LogP contribution in [0, 0.1) is 23.0 Å². The van der Waals surface area contributed by atoms with Crippen LogP contribution in [-0.4, -0.2) is 22.7 Å². The highest BCUT2D eigenvalue weighted by Crippen LogP contribution is 2.24. The summed E-state index contributed by atoms with van der Waals surface area (Å²) in [5, 5.41) is 23.5. The fourth-order valence-electron chi connectivity index (χ4n) is 2.26. The second-order valence-electron chi connectivity index (χ2n) is 5.55. The van der Waals surface area contributed by atoms with Crippen molar-refractivity contribution in [2.45, 2.75) is 46.2 Å². The van der Waals surface area contributed by atoms with Gasteiger partial charge < -0.3 is 10.4 Å². The third-order valence-corrected chi connectivity index (χ3v) is 3.64. The van der Waals surface area contributed by atoms with Gasteiger partial charge >= 0.3 is 0 Å². The summed E-state index contributed by atoms with van der Waals surface area (Å²) in [6.45, 7) is 8.05. The lowest BCUT2D eigenvalue weighted by Gasteiger charge is -2.26. The second-order valence-corrected chi connectivity index (χ2v) is 5.55. The zero-order valence-corrected chi connectivity index (χ0v) is 12.6. The van der Waals surface area contributed by atoms with E-state index in [9.17, 15) is 10.1 Å². The molecule has 0 fully saturated rings. The molecule has 5 heteroatoms. The fraction of sp³-hybridized carbons (Fsp3) is 0.600. The van der Waals surface area contributed by atoms with Gasteiger partial charge in [0.05, 0.1) is 4.92 Å². The van der Waals surface area contributed by atoms with E-state index in [1.807, 2.05) is 13.0 Å². The molecule has 0 aliphatic rings. The van der Waals surface area contributed by atoms with Gasteiger partial charge in [0.25, 0.3) is 5.69 Å². The molecule has 0 aliphatic carbocycles. The van der Waals surface area contributed by atoms with E-state index < -0.39 is 0 Å². The van der Waals surface area contributed by atoms with Crippen LogP contribution in [0.3, 0.4) is 0 Å². The average molecular weight is 280 g/mol. The normalized spacial score (nSPS) is 14.3. The lowest BCUT2D eigenvalue weighted by atomic mass is 9.98. The van der Waals surface area contributed by atoms with Crippen molar-refractivity contribution < 1.29 is 10.0 Å². The van der Waals surface area contributed by atoms with E-state index in [0.717, 1.165) is 5.56 Å². The standard InChI is InChI=1S/C15H24N2O3/c1-10(2)14(7-8-18)16-12(4)13-6-5-11(3)15(9-13)17(19)20/h5-6,9-10,12,14,16,18H,7-8H2,1-4H3. The SMILES string of the molecule is Cc1ccc(C(C)NC(CCO)C(C)C)cc1[N+](=O)[O-]. The van der Waals surface area contributed by atoms with E-state index in [1.165, 1.54) is 0 Å². The summed E-state index contributed by atoms with van der Waals surface area (Å²) in [7, 11) is 0. The molecule has 0 amide bonds. The molecule has 0 heterocycles. The molecule has 0 aromatic heterocycles. The van der Waals surface area contributed by atoms with Gasteiger partial charge in [-0.2, -0.15) is 0 Å². The van der Waals surface area contributed by atoms with E-state index >= 15 is 0 Å². The van der Waals surface area contributed by atoms with Crippen LogP contribution in [0.4, 0.5) is 5.69 Å². The summed E-state index contributed by atoms with van der Waals surface area (Å²) >= 11 is 0. The third kappa shape index (κ3) is 4.28. The molecule has 0 aliphatic heterocycles. The van der Waals surface area contributed by atoms with Crippen molar-refractivity contribution in [3.05, 3.63) is 39.4 Å². The Balaban J connectivity index is 2.88. The molecule has 0 saturated heterocycles. The highest BCUT2D eigenvalue weighted by Gasteiger charge is 2.18. The molecule has 2 unspecified atom stereocenters. The maximum Gasteiger partial charge on any atom is 0.272 e. The molecule has 0 bridgehead atoms. The molecule has 1 rings (SSSR count). The number of aryl methyl sites for hydroxylation is 1. The molecule has 2 N–H and O–H groups in total. The van der Waals surface area contributed by atoms with Gasteiger partial charge in [-0.05, 0) is 31.7 Å². The van der Waals surface area contributed by atoms with Gasteiger partial charge in [0.1, 0.15) is 0 Å². The number of rotatable bonds is 7. The molecule has 1 aromatic rings. The summed E-state index contributed by atoms with van der Waals surface area (Å²) in [6, 6.07) is 5.52. The van der Waals surface area contributed by atoms with Crippen molar-refractivity contribution >= 4 is 5.69 Å². The molecule has 20 heavy (non-hydrogen) atoms. The van der Waals surface area contributed by atoms with Crippen LogP contribution in [0.5, 0.6) is 0 Å². The topological polar surface area (TPSA) is 75.4 Å². The number of nitro groups is 1. The number of nitrogens with zero attached hydrogens (tertiary/aromatic N) is 1. The number of aliphatic hydroxyl groups is 1. The smallest absolute Gasteiger partial charge is 0.272 e. The van der Waals surface area contributed by atoms with Crippen LogP contribution >= 0.6 is 0 Å². The van der Waals surface area contributed by atoms with Crippen molar-refractivity contribution in [3.8, 4) is 0 Å². The molecule has 0 radical (unpaired) electrons. The van der Waals surface area contributed by atoms with Gasteiger partial charge in [0.2, 0.25) is 0 Å². The lowest BCUT2D eigenvalue weighted by Crippen LogP contribution is -2.36. The Labute approximate surface area is 120 Å². The molecule has 1 aromatic carbocycles. The predicted molar refractivity (Wildman–Crippen MR) is 79.7 cm³/mol. The van der Waals surface area contributed by atoms with Crippen molar-refractivity contribution in [1.29, 1.82) is 0 Å². The Morgan fingerprint density at radius 3 is 2.50 bits per heavy atom. The Hall–Kier alpha value is -1.46. The average Bonchev–Trinajstić information content (AvgIpc) is 2.38. The Kier molecular flexibility index (Phi) is 6.10. The summed E-state index contributed by atoms with van der Waals surface area (Å²) in [5.41, 5.74) is 1.71. The first-order valence-electron chi connectivity index (χ1n) is 6.98. The predicted octanol–water partition coefficient (Wildman–Crippen LogP) is 2.96. The number of hydrogen-bond acceptors (Lipinski definition) is 4. The largest absolute Gasteiger partial charge is 0.396 e.